The Bertz CT molecular complexity index is 791. The molecule has 0 aliphatic carbocycles. The summed E-state index contributed by atoms with van der Waals surface area (Å²) in [5.74, 6) is 2.23. The number of aryl methyl sites for hydroxylation is 1. The van der Waals surface area contributed by atoms with Crippen molar-refractivity contribution >= 4 is 23.2 Å². The van der Waals surface area contributed by atoms with E-state index in [4.69, 9.17) is 4.52 Å². The second-order valence-corrected chi connectivity index (χ2v) is 6.27. The number of nitrogens with zero attached hydrogens (tertiary/aromatic N) is 2. The summed E-state index contributed by atoms with van der Waals surface area (Å²) in [6.45, 7) is 2.27. The van der Waals surface area contributed by atoms with Gasteiger partial charge in [0.2, 0.25) is 11.7 Å². The molecule has 0 atom stereocenters. The van der Waals surface area contributed by atoms with Crippen LogP contribution in [0.1, 0.15) is 25.2 Å². The standard InChI is InChI=1S/C19H21N3O.ClH/c1-2-6-16-15(4-1)5-3-7-17(16)19-21-18(23-22-19)9-8-14-10-12-20-13-11-14;/h1-7,14,20H,8-13H2;1H. The average molecular weight is 344 g/mol. The van der Waals surface area contributed by atoms with E-state index < -0.39 is 0 Å². The summed E-state index contributed by atoms with van der Waals surface area (Å²) in [4.78, 5) is 4.62. The van der Waals surface area contributed by atoms with Crippen LogP contribution in [-0.4, -0.2) is 23.2 Å². The van der Waals surface area contributed by atoms with Crippen molar-refractivity contribution in [1.29, 1.82) is 0 Å². The lowest BCUT2D eigenvalue weighted by Crippen LogP contribution is -2.27. The first kappa shape index (κ1) is 16.9. The molecule has 1 saturated heterocycles. The van der Waals surface area contributed by atoms with E-state index in [1.807, 2.05) is 18.2 Å². The number of rotatable bonds is 4. The Labute approximate surface area is 148 Å². The molecule has 1 aliphatic rings. The molecule has 3 aromatic rings. The number of hydrogen-bond donors (Lipinski definition) is 1. The van der Waals surface area contributed by atoms with Crippen molar-refractivity contribution in [1.82, 2.24) is 15.5 Å². The molecule has 0 saturated carbocycles. The number of halogens is 1. The van der Waals surface area contributed by atoms with Gasteiger partial charge >= 0.3 is 0 Å². The number of benzene rings is 2. The lowest BCUT2D eigenvalue weighted by Gasteiger charge is -2.21. The zero-order valence-corrected chi connectivity index (χ0v) is 14.4. The van der Waals surface area contributed by atoms with Gasteiger partial charge in [-0.15, -0.1) is 12.4 Å². The first-order valence-corrected chi connectivity index (χ1v) is 8.41. The van der Waals surface area contributed by atoms with E-state index in [1.54, 1.807) is 0 Å². The highest BCUT2D eigenvalue weighted by Crippen LogP contribution is 2.27. The number of aromatic nitrogens is 2. The first-order chi connectivity index (χ1) is 11.4. The molecule has 126 valence electrons. The van der Waals surface area contributed by atoms with E-state index in [2.05, 4.69) is 39.7 Å². The molecule has 0 amide bonds. The predicted octanol–water partition coefficient (Wildman–Crippen LogP) is 4.24. The van der Waals surface area contributed by atoms with Crippen LogP contribution in [0.2, 0.25) is 0 Å². The molecule has 0 bridgehead atoms. The SMILES string of the molecule is Cl.c1ccc2c(-c3noc(CCC4CCNCC4)n3)cccc2c1. The third-order valence-corrected chi connectivity index (χ3v) is 4.72. The molecule has 1 fully saturated rings. The highest BCUT2D eigenvalue weighted by Gasteiger charge is 2.16. The van der Waals surface area contributed by atoms with Gasteiger partial charge in [-0.1, -0.05) is 47.6 Å². The molecule has 4 nitrogen and oxygen atoms in total. The molecule has 2 heterocycles. The number of nitrogens with one attached hydrogen (secondary N) is 1. The first-order valence-electron chi connectivity index (χ1n) is 8.41. The maximum atomic E-state index is 5.48. The molecule has 0 radical (unpaired) electrons. The van der Waals surface area contributed by atoms with Crippen molar-refractivity contribution in [2.75, 3.05) is 13.1 Å². The van der Waals surface area contributed by atoms with Crippen LogP contribution >= 0.6 is 12.4 Å². The monoisotopic (exact) mass is 343 g/mol. The van der Waals surface area contributed by atoms with Crippen molar-refractivity contribution in [3.63, 3.8) is 0 Å². The summed E-state index contributed by atoms with van der Waals surface area (Å²) in [6.07, 6.45) is 4.52. The lowest BCUT2D eigenvalue weighted by atomic mass is 9.93. The van der Waals surface area contributed by atoms with Gasteiger partial charge in [0.15, 0.2) is 0 Å². The summed E-state index contributed by atoms with van der Waals surface area (Å²) in [6, 6.07) is 14.5. The molecule has 1 aromatic heterocycles. The van der Waals surface area contributed by atoms with Crippen molar-refractivity contribution in [2.45, 2.75) is 25.7 Å². The van der Waals surface area contributed by atoms with Crippen LogP contribution in [0.4, 0.5) is 0 Å². The Hall–Kier alpha value is -1.91. The van der Waals surface area contributed by atoms with Crippen molar-refractivity contribution in [3.05, 3.63) is 48.4 Å². The molecule has 1 N–H and O–H groups in total. The Balaban J connectivity index is 0.00000169. The maximum absolute atomic E-state index is 5.48. The van der Waals surface area contributed by atoms with Gasteiger partial charge in [0.1, 0.15) is 0 Å². The van der Waals surface area contributed by atoms with Crippen LogP contribution in [0.3, 0.4) is 0 Å². The van der Waals surface area contributed by atoms with E-state index in [0.29, 0.717) is 5.82 Å². The Kier molecular flexibility index (Phi) is 5.48. The number of hydrogen-bond acceptors (Lipinski definition) is 4. The van der Waals surface area contributed by atoms with Crippen LogP contribution in [-0.2, 0) is 6.42 Å². The van der Waals surface area contributed by atoms with Crippen molar-refractivity contribution in [3.8, 4) is 11.4 Å². The minimum atomic E-state index is 0. The molecule has 4 rings (SSSR count). The van der Waals surface area contributed by atoms with Gasteiger partial charge in [0, 0.05) is 12.0 Å². The fourth-order valence-corrected chi connectivity index (χ4v) is 3.38. The Morgan fingerprint density at radius 2 is 1.83 bits per heavy atom. The maximum Gasteiger partial charge on any atom is 0.226 e. The van der Waals surface area contributed by atoms with E-state index in [0.717, 1.165) is 43.3 Å². The third kappa shape index (κ3) is 3.60. The van der Waals surface area contributed by atoms with Gasteiger partial charge in [-0.05, 0) is 49.0 Å². The smallest absolute Gasteiger partial charge is 0.226 e. The summed E-state index contributed by atoms with van der Waals surface area (Å²) in [5.41, 5.74) is 1.04. The summed E-state index contributed by atoms with van der Waals surface area (Å²) >= 11 is 0. The van der Waals surface area contributed by atoms with Crippen molar-refractivity contribution in [2.24, 2.45) is 5.92 Å². The molecule has 0 unspecified atom stereocenters. The average Bonchev–Trinajstić information content (AvgIpc) is 3.09. The van der Waals surface area contributed by atoms with Crippen LogP contribution in [0.25, 0.3) is 22.2 Å². The fourth-order valence-electron chi connectivity index (χ4n) is 3.38. The highest BCUT2D eigenvalue weighted by atomic mass is 35.5. The second kappa shape index (κ2) is 7.77. The van der Waals surface area contributed by atoms with E-state index in [-0.39, 0.29) is 12.4 Å². The van der Waals surface area contributed by atoms with E-state index in [9.17, 15) is 0 Å². The van der Waals surface area contributed by atoms with Crippen LogP contribution in [0.5, 0.6) is 0 Å². The van der Waals surface area contributed by atoms with Crippen LogP contribution in [0, 0.1) is 5.92 Å². The lowest BCUT2D eigenvalue weighted by molar-refractivity contribution is 0.324. The molecule has 2 aromatic carbocycles. The third-order valence-electron chi connectivity index (χ3n) is 4.72. The molecule has 24 heavy (non-hydrogen) atoms. The minimum absolute atomic E-state index is 0. The second-order valence-electron chi connectivity index (χ2n) is 6.27. The van der Waals surface area contributed by atoms with Gasteiger partial charge in [0.05, 0.1) is 0 Å². The fraction of sp³-hybridized carbons (Fsp3) is 0.368. The predicted molar refractivity (Wildman–Crippen MR) is 98.4 cm³/mol. The van der Waals surface area contributed by atoms with Crippen LogP contribution < -0.4 is 5.32 Å². The summed E-state index contributed by atoms with van der Waals surface area (Å²) in [7, 11) is 0. The molecular formula is C19H22ClN3O. The molecular weight excluding hydrogens is 322 g/mol. The normalized spacial score (nSPS) is 15.3. The van der Waals surface area contributed by atoms with Crippen LogP contribution in [0.15, 0.2) is 47.0 Å². The van der Waals surface area contributed by atoms with Gasteiger partial charge < -0.3 is 9.84 Å². The Morgan fingerprint density at radius 3 is 2.71 bits per heavy atom. The van der Waals surface area contributed by atoms with E-state index >= 15 is 0 Å². The topological polar surface area (TPSA) is 51.0 Å². The molecule has 0 spiro atoms. The quantitative estimate of drug-likeness (QED) is 0.769. The minimum Gasteiger partial charge on any atom is -0.339 e. The summed E-state index contributed by atoms with van der Waals surface area (Å²) in [5, 5.41) is 9.97. The van der Waals surface area contributed by atoms with Gasteiger partial charge in [-0.25, -0.2) is 0 Å². The van der Waals surface area contributed by atoms with Gasteiger partial charge in [-0.3, -0.25) is 0 Å². The highest BCUT2D eigenvalue weighted by molar-refractivity contribution is 5.94. The van der Waals surface area contributed by atoms with Gasteiger partial charge in [0.25, 0.3) is 0 Å². The molecule has 1 aliphatic heterocycles. The largest absolute Gasteiger partial charge is 0.339 e. The van der Waals surface area contributed by atoms with Gasteiger partial charge in [-0.2, -0.15) is 4.98 Å². The number of piperidine rings is 1. The zero-order chi connectivity index (χ0) is 15.5. The zero-order valence-electron chi connectivity index (χ0n) is 13.6. The molecule has 5 heteroatoms. The van der Waals surface area contributed by atoms with Crippen molar-refractivity contribution < 1.29 is 4.52 Å². The summed E-state index contributed by atoms with van der Waals surface area (Å²) < 4.78 is 5.48. The Morgan fingerprint density at radius 1 is 1.04 bits per heavy atom. The number of fused-ring (bicyclic) bond motifs is 1. The van der Waals surface area contributed by atoms with E-state index in [1.165, 1.54) is 23.6 Å².